The number of methoxy groups -OCH3 is 3. The van der Waals surface area contributed by atoms with Crippen LogP contribution >= 0.6 is 0 Å². The van der Waals surface area contributed by atoms with Crippen molar-refractivity contribution in [3.05, 3.63) is 47.0 Å². The molecule has 0 atom stereocenters. The van der Waals surface area contributed by atoms with E-state index in [-0.39, 0.29) is 11.7 Å². The Bertz CT molecular complexity index is 853. The molecule has 0 saturated carbocycles. The summed E-state index contributed by atoms with van der Waals surface area (Å²) in [6.45, 7) is 4.47. The van der Waals surface area contributed by atoms with Crippen molar-refractivity contribution < 1.29 is 24.1 Å². The first-order chi connectivity index (χ1) is 12.8. The van der Waals surface area contributed by atoms with Gasteiger partial charge in [0.25, 0.3) is 5.91 Å². The predicted octanol–water partition coefficient (Wildman–Crippen LogP) is 3.40. The van der Waals surface area contributed by atoms with Crippen LogP contribution in [0.15, 0.2) is 30.3 Å². The fourth-order valence-electron chi connectivity index (χ4n) is 3.51. The van der Waals surface area contributed by atoms with Crippen molar-refractivity contribution in [3.8, 4) is 23.0 Å². The van der Waals surface area contributed by atoms with E-state index in [0.717, 1.165) is 11.1 Å². The van der Waals surface area contributed by atoms with Gasteiger partial charge in [-0.2, -0.15) is 0 Å². The van der Waals surface area contributed by atoms with Gasteiger partial charge < -0.3 is 24.2 Å². The highest BCUT2D eigenvalue weighted by atomic mass is 16.5. The van der Waals surface area contributed by atoms with Crippen LogP contribution in [0.1, 0.15) is 35.3 Å². The van der Waals surface area contributed by atoms with Crippen molar-refractivity contribution in [2.24, 2.45) is 0 Å². The number of phenols is 1. The molecule has 0 fully saturated rings. The van der Waals surface area contributed by atoms with E-state index >= 15 is 0 Å². The third-order valence-electron chi connectivity index (χ3n) is 5.03. The maximum absolute atomic E-state index is 13.3. The van der Waals surface area contributed by atoms with E-state index in [2.05, 4.69) is 0 Å². The molecule has 2 aromatic rings. The van der Waals surface area contributed by atoms with E-state index in [1.165, 1.54) is 7.11 Å². The van der Waals surface area contributed by atoms with Crippen LogP contribution in [0.4, 0.5) is 0 Å². The lowest BCUT2D eigenvalue weighted by Crippen LogP contribution is -2.51. The summed E-state index contributed by atoms with van der Waals surface area (Å²) in [5.41, 5.74) is 2.08. The summed E-state index contributed by atoms with van der Waals surface area (Å²) in [6, 6.07) is 8.70. The minimum Gasteiger partial charge on any atom is -0.504 e. The largest absolute Gasteiger partial charge is 0.504 e. The number of hydrogen-bond acceptors (Lipinski definition) is 5. The highest BCUT2D eigenvalue weighted by Crippen LogP contribution is 2.38. The fourth-order valence-corrected chi connectivity index (χ4v) is 3.51. The fraction of sp³-hybridized carbons (Fsp3) is 0.381. The molecule has 0 aromatic heterocycles. The van der Waals surface area contributed by atoms with E-state index < -0.39 is 5.54 Å². The minimum atomic E-state index is -0.415. The van der Waals surface area contributed by atoms with Crippen LogP contribution in [0.5, 0.6) is 23.0 Å². The summed E-state index contributed by atoms with van der Waals surface area (Å²) in [5.74, 6) is 1.56. The van der Waals surface area contributed by atoms with Crippen molar-refractivity contribution in [1.29, 1.82) is 0 Å². The molecule has 0 bridgehead atoms. The summed E-state index contributed by atoms with van der Waals surface area (Å²) in [6.07, 6.45) is 0.632. The predicted molar refractivity (Wildman–Crippen MR) is 102 cm³/mol. The van der Waals surface area contributed by atoms with E-state index in [1.54, 1.807) is 44.6 Å². The van der Waals surface area contributed by atoms with Gasteiger partial charge in [0.05, 0.1) is 21.3 Å². The molecule has 0 spiro atoms. The molecule has 6 heteroatoms. The summed E-state index contributed by atoms with van der Waals surface area (Å²) in [5, 5.41) is 10.1. The minimum absolute atomic E-state index is 0.102. The molecule has 0 radical (unpaired) electrons. The first-order valence-electron chi connectivity index (χ1n) is 8.73. The summed E-state index contributed by atoms with van der Waals surface area (Å²) in [4.78, 5) is 15.2. The Hall–Kier alpha value is -2.89. The maximum atomic E-state index is 13.3. The summed E-state index contributed by atoms with van der Waals surface area (Å²) in [7, 11) is 4.63. The van der Waals surface area contributed by atoms with Crippen LogP contribution in [-0.2, 0) is 13.0 Å². The van der Waals surface area contributed by atoms with Crippen LogP contribution < -0.4 is 14.2 Å². The lowest BCUT2D eigenvalue weighted by atomic mass is 9.84. The van der Waals surface area contributed by atoms with Crippen molar-refractivity contribution in [2.75, 3.05) is 21.3 Å². The SMILES string of the molecule is COc1cc(OC)cc(C(=O)N2Cc3cc(OC)c(O)cc3CC2(C)C)c1. The molecule has 1 amide bonds. The molecule has 0 aliphatic carbocycles. The molecule has 144 valence electrons. The lowest BCUT2D eigenvalue weighted by Gasteiger charge is -2.43. The quantitative estimate of drug-likeness (QED) is 0.892. The molecule has 0 unspecified atom stereocenters. The Morgan fingerprint density at radius 3 is 2.15 bits per heavy atom. The number of amides is 1. The zero-order valence-electron chi connectivity index (χ0n) is 16.3. The third-order valence-corrected chi connectivity index (χ3v) is 5.03. The van der Waals surface area contributed by atoms with Crippen LogP contribution in [0.2, 0.25) is 0 Å². The second-order valence-corrected chi connectivity index (χ2v) is 7.27. The zero-order valence-corrected chi connectivity index (χ0v) is 16.3. The van der Waals surface area contributed by atoms with Crippen LogP contribution in [0.3, 0.4) is 0 Å². The molecular formula is C21H25NO5. The number of hydrogen-bond donors (Lipinski definition) is 1. The number of carbonyl (C=O) groups excluding carboxylic acids is 1. The van der Waals surface area contributed by atoms with Crippen LogP contribution in [0.25, 0.3) is 0 Å². The van der Waals surface area contributed by atoms with E-state index in [4.69, 9.17) is 14.2 Å². The Balaban J connectivity index is 2.00. The number of nitrogens with zero attached hydrogens (tertiary/aromatic N) is 1. The van der Waals surface area contributed by atoms with Gasteiger partial charge in [0, 0.05) is 23.7 Å². The number of ether oxygens (including phenoxy) is 3. The monoisotopic (exact) mass is 371 g/mol. The van der Waals surface area contributed by atoms with E-state index in [9.17, 15) is 9.90 Å². The van der Waals surface area contributed by atoms with Gasteiger partial charge >= 0.3 is 0 Å². The molecule has 0 saturated heterocycles. The van der Waals surface area contributed by atoms with Crippen LogP contribution in [-0.4, -0.2) is 42.8 Å². The second-order valence-electron chi connectivity index (χ2n) is 7.27. The molecule has 6 nitrogen and oxygen atoms in total. The van der Waals surface area contributed by atoms with Crippen molar-refractivity contribution >= 4 is 5.91 Å². The number of rotatable bonds is 4. The van der Waals surface area contributed by atoms with E-state index in [0.29, 0.717) is 35.8 Å². The topological polar surface area (TPSA) is 68.2 Å². The van der Waals surface area contributed by atoms with Gasteiger partial charge in [0.2, 0.25) is 0 Å². The molecule has 1 aliphatic rings. The molecule has 1 N–H and O–H groups in total. The molecule has 2 aromatic carbocycles. The van der Waals surface area contributed by atoms with E-state index in [1.807, 2.05) is 18.7 Å². The summed E-state index contributed by atoms with van der Waals surface area (Å²) < 4.78 is 15.8. The van der Waals surface area contributed by atoms with Crippen molar-refractivity contribution in [2.45, 2.75) is 32.4 Å². The van der Waals surface area contributed by atoms with Gasteiger partial charge in [-0.15, -0.1) is 0 Å². The van der Waals surface area contributed by atoms with Gasteiger partial charge in [-0.1, -0.05) is 0 Å². The Kier molecular flexibility index (Phi) is 4.91. The number of aromatic hydroxyl groups is 1. The molecule has 1 aliphatic heterocycles. The molecule has 1 heterocycles. The summed E-state index contributed by atoms with van der Waals surface area (Å²) >= 11 is 0. The first-order valence-corrected chi connectivity index (χ1v) is 8.73. The molecule has 3 rings (SSSR count). The highest BCUT2D eigenvalue weighted by molar-refractivity contribution is 5.95. The van der Waals surface area contributed by atoms with Gasteiger partial charge in [0.15, 0.2) is 11.5 Å². The average Bonchev–Trinajstić information content (AvgIpc) is 2.65. The van der Waals surface area contributed by atoms with Crippen molar-refractivity contribution in [1.82, 2.24) is 4.90 Å². The maximum Gasteiger partial charge on any atom is 0.254 e. The third kappa shape index (κ3) is 3.52. The average molecular weight is 371 g/mol. The van der Waals surface area contributed by atoms with Crippen LogP contribution in [0, 0.1) is 0 Å². The second kappa shape index (κ2) is 7.02. The lowest BCUT2D eigenvalue weighted by molar-refractivity contribution is 0.0487. The van der Waals surface area contributed by atoms with Gasteiger partial charge in [-0.05, 0) is 55.7 Å². The first kappa shape index (κ1) is 18.9. The highest BCUT2D eigenvalue weighted by Gasteiger charge is 2.37. The van der Waals surface area contributed by atoms with Gasteiger partial charge in [-0.3, -0.25) is 4.79 Å². The zero-order chi connectivity index (χ0) is 19.8. The number of fused-ring (bicyclic) bond motifs is 1. The molecular weight excluding hydrogens is 346 g/mol. The van der Waals surface area contributed by atoms with Crippen molar-refractivity contribution in [3.63, 3.8) is 0 Å². The standard InChI is InChI=1S/C21H25NO5/c1-21(2)11-14-8-18(23)19(27-5)9-15(14)12-22(21)20(24)13-6-16(25-3)10-17(7-13)26-4/h6-10,23H,11-12H2,1-5H3. The number of benzene rings is 2. The number of carbonyl (C=O) groups is 1. The van der Waals surface area contributed by atoms with Gasteiger partial charge in [-0.25, -0.2) is 0 Å². The smallest absolute Gasteiger partial charge is 0.254 e. The Labute approximate surface area is 159 Å². The Morgan fingerprint density at radius 2 is 1.59 bits per heavy atom. The Morgan fingerprint density at radius 1 is 0.963 bits per heavy atom. The normalized spacial score (nSPS) is 15.1. The number of phenolic OH excluding ortho intramolecular Hbond substituents is 1. The molecule has 27 heavy (non-hydrogen) atoms. The van der Waals surface area contributed by atoms with Gasteiger partial charge in [0.1, 0.15) is 11.5 Å².